The Bertz CT molecular complexity index is 1130. The number of hydrogen-bond donors (Lipinski definition) is 1. The van der Waals surface area contributed by atoms with Crippen LogP contribution in [0.1, 0.15) is 11.3 Å². The smallest absolute Gasteiger partial charge is 0.371 e. The van der Waals surface area contributed by atoms with E-state index in [-0.39, 0.29) is 16.4 Å². The summed E-state index contributed by atoms with van der Waals surface area (Å²) in [6.07, 6.45) is -2.54. The predicted molar refractivity (Wildman–Crippen MR) is 88.8 cm³/mol. The van der Waals surface area contributed by atoms with Crippen molar-refractivity contribution >= 4 is 28.2 Å². The first-order valence-electron chi connectivity index (χ1n) is 7.46. The summed E-state index contributed by atoms with van der Waals surface area (Å²) in [5, 5.41) is 15.1. The first-order chi connectivity index (χ1) is 12.3. The molecule has 3 aromatic heterocycles. The highest BCUT2D eigenvalue weighted by atomic mass is 35.5. The Labute approximate surface area is 149 Å². The van der Waals surface area contributed by atoms with Gasteiger partial charge in [-0.2, -0.15) is 18.3 Å². The molecule has 0 fully saturated rings. The lowest BCUT2D eigenvalue weighted by Crippen LogP contribution is -2.44. The van der Waals surface area contributed by atoms with Gasteiger partial charge in [0.1, 0.15) is 10.8 Å². The maximum atomic E-state index is 14.0. The van der Waals surface area contributed by atoms with Gasteiger partial charge in [-0.25, -0.2) is 9.50 Å². The number of fused-ring (bicyclic) bond motifs is 2. The number of aliphatic hydroxyl groups is 1. The van der Waals surface area contributed by atoms with E-state index >= 15 is 0 Å². The van der Waals surface area contributed by atoms with Gasteiger partial charge >= 0.3 is 6.18 Å². The van der Waals surface area contributed by atoms with Crippen molar-refractivity contribution in [3.05, 3.63) is 71.3 Å². The van der Waals surface area contributed by atoms with Crippen molar-refractivity contribution in [2.75, 3.05) is 0 Å². The number of halogens is 4. The predicted octanol–water partition coefficient (Wildman–Crippen LogP) is 3.73. The summed E-state index contributed by atoms with van der Waals surface area (Å²) in [6, 6.07) is 9.90. The number of pyridine rings is 1. The Morgan fingerprint density at radius 2 is 1.85 bits per heavy atom. The highest BCUT2D eigenvalue weighted by Gasteiger charge is 2.58. The highest BCUT2D eigenvalue weighted by Crippen LogP contribution is 2.44. The summed E-state index contributed by atoms with van der Waals surface area (Å²) in [6.45, 7) is 0. The van der Waals surface area contributed by atoms with Crippen molar-refractivity contribution in [3.63, 3.8) is 0 Å². The van der Waals surface area contributed by atoms with Crippen LogP contribution in [0.5, 0.6) is 0 Å². The molecule has 9 heteroatoms. The van der Waals surface area contributed by atoms with Gasteiger partial charge in [0.15, 0.2) is 5.65 Å². The Balaban J connectivity index is 2.02. The number of rotatable bonds is 2. The fourth-order valence-corrected chi connectivity index (χ4v) is 2.99. The molecule has 3 heterocycles. The molecule has 1 N–H and O–H groups in total. The minimum atomic E-state index is -5.02. The van der Waals surface area contributed by atoms with Crippen LogP contribution in [0.15, 0.2) is 54.9 Å². The molecule has 5 nitrogen and oxygen atoms in total. The SMILES string of the molecule is OC(c1ccc2ncccc2c1)(c1cnc2ccc(Cl)nn12)C(F)(F)F. The summed E-state index contributed by atoms with van der Waals surface area (Å²) in [4.78, 5) is 7.98. The third kappa shape index (κ3) is 2.41. The van der Waals surface area contributed by atoms with Crippen molar-refractivity contribution in [1.82, 2.24) is 19.6 Å². The van der Waals surface area contributed by atoms with Crippen LogP contribution in [-0.2, 0) is 5.60 Å². The zero-order valence-corrected chi connectivity index (χ0v) is 13.7. The van der Waals surface area contributed by atoms with Gasteiger partial charge in [0, 0.05) is 11.6 Å². The summed E-state index contributed by atoms with van der Waals surface area (Å²) >= 11 is 5.81. The number of nitrogens with zero attached hydrogens (tertiary/aromatic N) is 4. The molecule has 1 unspecified atom stereocenters. The van der Waals surface area contributed by atoms with Crippen LogP contribution in [-0.4, -0.2) is 30.9 Å². The number of benzene rings is 1. The van der Waals surface area contributed by atoms with Gasteiger partial charge in [-0.15, -0.1) is 0 Å². The average molecular weight is 379 g/mol. The molecule has 0 amide bonds. The molecule has 0 saturated carbocycles. The molecule has 1 aromatic carbocycles. The van der Waals surface area contributed by atoms with E-state index in [2.05, 4.69) is 15.1 Å². The van der Waals surface area contributed by atoms with Crippen LogP contribution in [0.3, 0.4) is 0 Å². The quantitative estimate of drug-likeness (QED) is 0.577. The third-order valence-corrected chi connectivity index (χ3v) is 4.33. The van der Waals surface area contributed by atoms with Gasteiger partial charge in [0.05, 0.1) is 11.7 Å². The number of imidazole rings is 1. The topological polar surface area (TPSA) is 63.3 Å². The van der Waals surface area contributed by atoms with Crippen LogP contribution >= 0.6 is 11.6 Å². The number of hydrogen-bond acceptors (Lipinski definition) is 4. The second-order valence-corrected chi connectivity index (χ2v) is 6.08. The molecule has 0 aliphatic carbocycles. The molecule has 0 bridgehead atoms. The van der Waals surface area contributed by atoms with Gasteiger partial charge in [-0.3, -0.25) is 4.98 Å². The Morgan fingerprint density at radius 3 is 2.62 bits per heavy atom. The fraction of sp³-hybridized carbons (Fsp3) is 0.118. The average Bonchev–Trinajstić information content (AvgIpc) is 3.03. The molecular weight excluding hydrogens is 369 g/mol. The third-order valence-electron chi connectivity index (χ3n) is 4.13. The van der Waals surface area contributed by atoms with Gasteiger partial charge < -0.3 is 5.11 Å². The monoisotopic (exact) mass is 378 g/mol. The number of aromatic nitrogens is 4. The van der Waals surface area contributed by atoms with E-state index in [1.807, 2.05) is 0 Å². The highest BCUT2D eigenvalue weighted by molar-refractivity contribution is 6.29. The van der Waals surface area contributed by atoms with Crippen molar-refractivity contribution in [3.8, 4) is 0 Å². The van der Waals surface area contributed by atoms with E-state index in [1.165, 1.54) is 36.5 Å². The van der Waals surface area contributed by atoms with E-state index in [4.69, 9.17) is 11.6 Å². The van der Waals surface area contributed by atoms with Gasteiger partial charge in [0.2, 0.25) is 5.60 Å². The molecule has 0 aliphatic rings. The maximum absolute atomic E-state index is 14.0. The lowest BCUT2D eigenvalue weighted by atomic mass is 9.89. The van der Waals surface area contributed by atoms with Crippen LogP contribution in [0, 0.1) is 0 Å². The van der Waals surface area contributed by atoms with Crippen molar-refractivity contribution in [2.45, 2.75) is 11.8 Å². The van der Waals surface area contributed by atoms with E-state index in [1.54, 1.807) is 12.1 Å². The Hall–Kier alpha value is -2.71. The minimum Gasteiger partial charge on any atom is -0.371 e. The van der Waals surface area contributed by atoms with E-state index < -0.39 is 17.5 Å². The second-order valence-electron chi connectivity index (χ2n) is 5.69. The standard InChI is InChI=1S/C17H10ClF3N4O/c18-14-5-6-15-23-9-13(25(15)24-14)16(26,17(19,20)21)11-3-4-12-10(8-11)2-1-7-22-12/h1-9,26H. The lowest BCUT2D eigenvalue weighted by molar-refractivity contribution is -0.250. The zero-order chi connectivity index (χ0) is 18.5. The van der Waals surface area contributed by atoms with E-state index in [0.29, 0.717) is 10.9 Å². The maximum Gasteiger partial charge on any atom is 0.427 e. The molecule has 1 atom stereocenters. The first kappa shape index (κ1) is 16.7. The van der Waals surface area contributed by atoms with Crippen molar-refractivity contribution in [1.29, 1.82) is 0 Å². The van der Waals surface area contributed by atoms with Crippen LogP contribution < -0.4 is 0 Å². The molecule has 0 saturated heterocycles. The lowest BCUT2D eigenvalue weighted by Gasteiger charge is -2.30. The van der Waals surface area contributed by atoms with Crippen molar-refractivity contribution in [2.24, 2.45) is 0 Å². The van der Waals surface area contributed by atoms with E-state index in [0.717, 1.165) is 10.7 Å². The van der Waals surface area contributed by atoms with Gasteiger partial charge in [-0.05, 0) is 35.9 Å². The summed E-state index contributed by atoms with van der Waals surface area (Å²) in [5.74, 6) is 0. The number of alkyl halides is 3. The Kier molecular flexibility index (Phi) is 3.64. The molecule has 0 spiro atoms. The van der Waals surface area contributed by atoms with Crippen LogP contribution in [0.25, 0.3) is 16.6 Å². The van der Waals surface area contributed by atoms with Gasteiger partial charge in [-0.1, -0.05) is 23.7 Å². The van der Waals surface area contributed by atoms with E-state index in [9.17, 15) is 18.3 Å². The molecule has 0 radical (unpaired) electrons. The molecule has 132 valence electrons. The largest absolute Gasteiger partial charge is 0.427 e. The normalized spacial score (nSPS) is 14.7. The Morgan fingerprint density at radius 1 is 1.04 bits per heavy atom. The molecule has 26 heavy (non-hydrogen) atoms. The van der Waals surface area contributed by atoms with Gasteiger partial charge in [0.25, 0.3) is 0 Å². The van der Waals surface area contributed by atoms with Crippen LogP contribution in [0.2, 0.25) is 5.15 Å². The minimum absolute atomic E-state index is 0.0241. The zero-order valence-electron chi connectivity index (χ0n) is 12.9. The summed E-state index contributed by atoms with van der Waals surface area (Å²) < 4.78 is 42.9. The summed E-state index contributed by atoms with van der Waals surface area (Å²) in [7, 11) is 0. The molecule has 4 aromatic rings. The van der Waals surface area contributed by atoms with Crippen LogP contribution in [0.4, 0.5) is 13.2 Å². The second kappa shape index (κ2) is 5.65. The molecule has 0 aliphatic heterocycles. The molecule has 4 rings (SSSR count). The first-order valence-corrected chi connectivity index (χ1v) is 7.83. The fourth-order valence-electron chi connectivity index (χ4n) is 2.86. The molecular formula is C17H10ClF3N4O. The summed E-state index contributed by atoms with van der Waals surface area (Å²) in [5.41, 5.74) is -3.59. The van der Waals surface area contributed by atoms with Crippen molar-refractivity contribution < 1.29 is 18.3 Å².